The van der Waals surface area contributed by atoms with Crippen molar-refractivity contribution in [2.75, 3.05) is 32.7 Å². The molecule has 0 amide bonds. The van der Waals surface area contributed by atoms with Gasteiger partial charge in [0.1, 0.15) is 5.82 Å². The van der Waals surface area contributed by atoms with Gasteiger partial charge in [-0.05, 0) is 64.9 Å². The molecule has 0 aromatic heterocycles. The van der Waals surface area contributed by atoms with Crippen LogP contribution in [0.5, 0.6) is 0 Å². The van der Waals surface area contributed by atoms with Gasteiger partial charge in [0.25, 0.3) is 0 Å². The molecule has 1 saturated heterocycles. The summed E-state index contributed by atoms with van der Waals surface area (Å²) in [7, 11) is 0.848. The molecular formula is C21H28FN2OPS. The fourth-order valence-corrected chi connectivity index (χ4v) is 7.67. The largest absolute Gasteiger partial charge is 0.333 e. The Hall–Kier alpha value is -0.970. The van der Waals surface area contributed by atoms with Crippen LogP contribution in [0.1, 0.15) is 22.3 Å². The fourth-order valence-electron chi connectivity index (χ4n) is 4.37. The first kappa shape index (κ1) is 19.4. The number of hydrogen-bond donors (Lipinski definition) is 1. The maximum absolute atomic E-state index is 13.2. The van der Waals surface area contributed by atoms with Gasteiger partial charge in [0, 0.05) is 43.4 Å². The monoisotopic (exact) mass is 406 g/mol. The molecule has 2 unspecified atom stereocenters. The summed E-state index contributed by atoms with van der Waals surface area (Å²) in [5.74, 6) is 0.636. The van der Waals surface area contributed by atoms with Crippen LogP contribution in [0.3, 0.4) is 0 Å². The molecule has 6 heteroatoms. The van der Waals surface area contributed by atoms with Crippen molar-refractivity contribution in [1.29, 1.82) is 0 Å². The van der Waals surface area contributed by atoms with Crippen LogP contribution in [0.15, 0.2) is 35.2 Å². The van der Waals surface area contributed by atoms with E-state index in [2.05, 4.69) is 44.4 Å². The highest BCUT2D eigenvalue weighted by molar-refractivity contribution is 8.27. The van der Waals surface area contributed by atoms with Gasteiger partial charge in [-0.15, -0.1) is 9.24 Å². The maximum atomic E-state index is 13.2. The lowest BCUT2D eigenvalue weighted by molar-refractivity contribution is 0.188. The summed E-state index contributed by atoms with van der Waals surface area (Å²) in [5, 5.41) is 0.948. The highest BCUT2D eigenvalue weighted by Crippen LogP contribution is 2.68. The predicted molar refractivity (Wildman–Crippen MR) is 116 cm³/mol. The quantitative estimate of drug-likeness (QED) is 0.781. The highest BCUT2D eigenvalue weighted by Gasteiger charge is 2.43. The van der Waals surface area contributed by atoms with E-state index < -0.39 is 10.5 Å². The molecule has 2 atom stereocenters. The van der Waals surface area contributed by atoms with Crippen molar-refractivity contribution in [3.63, 3.8) is 0 Å². The minimum Gasteiger partial charge on any atom is -0.333 e. The summed E-state index contributed by atoms with van der Waals surface area (Å²) in [5.41, 5.74) is 5.04. The molecule has 146 valence electrons. The number of rotatable bonds is 4. The number of fused-ring (bicyclic) bond motifs is 1. The van der Waals surface area contributed by atoms with Gasteiger partial charge < -0.3 is 9.45 Å². The molecule has 0 spiro atoms. The number of piperazine rings is 1. The zero-order chi connectivity index (χ0) is 19.2. The van der Waals surface area contributed by atoms with E-state index in [9.17, 15) is 8.94 Å². The van der Waals surface area contributed by atoms with E-state index in [0.717, 1.165) is 50.2 Å². The molecule has 2 aromatic carbocycles. The van der Waals surface area contributed by atoms with E-state index in [4.69, 9.17) is 0 Å². The van der Waals surface area contributed by atoms with E-state index in [1.165, 1.54) is 33.2 Å². The molecule has 4 rings (SSSR count). The number of halogens is 1. The van der Waals surface area contributed by atoms with Crippen molar-refractivity contribution in [1.82, 2.24) is 9.21 Å². The van der Waals surface area contributed by atoms with Crippen molar-refractivity contribution >= 4 is 25.0 Å². The first-order valence-corrected chi connectivity index (χ1v) is 11.8. The molecular weight excluding hydrogens is 378 g/mol. The van der Waals surface area contributed by atoms with Gasteiger partial charge in [-0.2, -0.15) is 0 Å². The zero-order valence-electron chi connectivity index (χ0n) is 16.0. The van der Waals surface area contributed by atoms with Crippen LogP contribution in [0.25, 0.3) is 0 Å². The van der Waals surface area contributed by atoms with Crippen molar-refractivity contribution in [2.24, 2.45) is 0 Å². The third-order valence-electron chi connectivity index (χ3n) is 5.74. The third-order valence-corrected chi connectivity index (χ3v) is 9.45. The van der Waals surface area contributed by atoms with Crippen molar-refractivity contribution in [3.8, 4) is 0 Å². The lowest BCUT2D eigenvalue weighted by Gasteiger charge is -2.54. The van der Waals surface area contributed by atoms with Crippen LogP contribution < -0.4 is 5.30 Å². The van der Waals surface area contributed by atoms with Gasteiger partial charge in [0.15, 0.2) is 0 Å². The Bertz CT molecular complexity index is 852. The van der Waals surface area contributed by atoms with Crippen LogP contribution in [0.2, 0.25) is 0 Å². The average Bonchev–Trinajstić information content (AvgIpc) is 2.59. The molecule has 0 saturated carbocycles. The van der Waals surface area contributed by atoms with Crippen LogP contribution >= 0.6 is 19.7 Å². The third kappa shape index (κ3) is 3.68. The second kappa shape index (κ2) is 7.46. The van der Waals surface area contributed by atoms with E-state index in [0.29, 0.717) is 0 Å². The molecule has 2 aliphatic rings. The number of nitrogens with zero attached hydrogens (tertiary/aromatic N) is 2. The Morgan fingerprint density at radius 1 is 1.11 bits per heavy atom. The Morgan fingerprint density at radius 2 is 1.85 bits per heavy atom. The molecule has 0 radical (unpaired) electrons. The summed E-state index contributed by atoms with van der Waals surface area (Å²) in [6.45, 7) is 9.00. The summed E-state index contributed by atoms with van der Waals surface area (Å²) in [6, 6.07) is 9.42. The van der Waals surface area contributed by atoms with Crippen LogP contribution in [-0.2, 0) is 12.2 Å². The zero-order valence-corrected chi connectivity index (χ0v) is 18.0. The number of benzene rings is 2. The number of hydrogen-bond acceptors (Lipinski definition) is 3. The molecule has 0 bridgehead atoms. The minimum atomic E-state index is -1.79. The SMILES string of the molecule is Cc1cc(C)c2c(c1)CS2(O)N1CCN(CCc2ccc(F)cc2P)CC1. The maximum Gasteiger partial charge on any atom is 0.123 e. The van der Waals surface area contributed by atoms with E-state index in [-0.39, 0.29) is 5.82 Å². The number of aryl methyl sites for hydroxylation is 2. The van der Waals surface area contributed by atoms with E-state index in [1.54, 1.807) is 6.07 Å². The Kier molecular flexibility index (Phi) is 5.34. The second-order valence-corrected chi connectivity index (χ2v) is 10.9. The van der Waals surface area contributed by atoms with Crippen molar-refractivity contribution in [3.05, 3.63) is 58.4 Å². The van der Waals surface area contributed by atoms with Crippen LogP contribution in [0, 0.1) is 19.7 Å². The smallest absolute Gasteiger partial charge is 0.123 e. The van der Waals surface area contributed by atoms with Crippen LogP contribution in [0.4, 0.5) is 4.39 Å². The lowest BCUT2D eigenvalue weighted by atomic mass is 10.1. The molecule has 3 nitrogen and oxygen atoms in total. The average molecular weight is 407 g/mol. The first-order chi connectivity index (χ1) is 12.9. The molecule has 0 aliphatic carbocycles. The highest BCUT2D eigenvalue weighted by atomic mass is 32.3. The summed E-state index contributed by atoms with van der Waals surface area (Å²) >= 11 is 0. The van der Waals surface area contributed by atoms with Gasteiger partial charge in [-0.3, -0.25) is 0 Å². The van der Waals surface area contributed by atoms with Gasteiger partial charge in [0.05, 0.1) is 0 Å². The van der Waals surface area contributed by atoms with Gasteiger partial charge in [-0.1, -0.05) is 23.8 Å². The Labute approximate surface area is 165 Å². The summed E-state index contributed by atoms with van der Waals surface area (Å²) in [4.78, 5) is 3.66. The molecule has 27 heavy (non-hydrogen) atoms. The van der Waals surface area contributed by atoms with Gasteiger partial charge >= 0.3 is 0 Å². The standard InChI is InChI=1S/C21H28FN2OPS/c1-15-11-16(2)21-18(12-15)14-27(21,25)24-9-7-23(8-10-24)6-5-17-3-4-19(22)13-20(17)26/h3-4,11-13,25H,5-10,14,26H2,1-2H3. The van der Waals surface area contributed by atoms with Crippen LogP contribution in [-0.4, -0.2) is 46.5 Å². The topological polar surface area (TPSA) is 26.7 Å². The van der Waals surface area contributed by atoms with E-state index >= 15 is 0 Å². The van der Waals surface area contributed by atoms with E-state index in [1.807, 2.05) is 6.07 Å². The minimum absolute atomic E-state index is 0.181. The predicted octanol–water partition coefficient (Wildman–Crippen LogP) is 3.87. The second-order valence-electron chi connectivity index (χ2n) is 7.74. The molecule has 1 N–H and O–H groups in total. The molecule has 1 fully saturated rings. The Balaban J connectivity index is 1.35. The lowest BCUT2D eigenvalue weighted by Crippen LogP contribution is -2.49. The van der Waals surface area contributed by atoms with Gasteiger partial charge in [-0.25, -0.2) is 8.70 Å². The van der Waals surface area contributed by atoms with Gasteiger partial charge in [0.2, 0.25) is 0 Å². The van der Waals surface area contributed by atoms with Crippen molar-refractivity contribution in [2.45, 2.75) is 30.9 Å². The molecule has 2 aliphatic heterocycles. The summed E-state index contributed by atoms with van der Waals surface area (Å²) < 4.78 is 26.9. The Morgan fingerprint density at radius 3 is 2.52 bits per heavy atom. The summed E-state index contributed by atoms with van der Waals surface area (Å²) in [6.07, 6.45) is 0.928. The molecule has 2 heterocycles. The molecule has 2 aromatic rings. The fraction of sp³-hybridized carbons (Fsp3) is 0.429. The first-order valence-electron chi connectivity index (χ1n) is 9.52. The normalized spacial score (nSPS) is 25.5. The van der Waals surface area contributed by atoms with Crippen molar-refractivity contribution < 1.29 is 8.94 Å².